The minimum atomic E-state index is -1.04. The summed E-state index contributed by atoms with van der Waals surface area (Å²) in [4.78, 5) is 37.0. The van der Waals surface area contributed by atoms with Gasteiger partial charge in [-0.3, -0.25) is 4.79 Å². The molecule has 0 atom stereocenters. The third-order valence-corrected chi connectivity index (χ3v) is 4.49. The van der Waals surface area contributed by atoms with E-state index in [0.717, 1.165) is 4.90 Å². The van der Waals surface area contributed by atoms with Gasteiger partial charge in [0.2, 0.25) is 0 Å². The van der Waals surface area contributed by atoms with Crippen LogP contribution >= 0.6 is 11.6 Å². The van der Waals surface area contributed by atoms with Gasteiger partial charge in [-0.2, -0.15) is 0 Å². The highest BCUT2D eigenvalue weighted by atomic mass is 35.5. The molecule has 1 aliphatic rings. The van der Waals surface area contributed by atoms with Crippen molar-refractivity contribution in [1.29, 1.82) is 0 Å². The molecule has 2 aromatic carbocycles. The van der Waals surface area contributed by atoms with E-state index in [4.69, 9.17) is 21.1 Å². The number of carbonyl (C=O) groups excluding carboxylic acids is 2. The van der Waals surface area contributed by atoms with Crippen molar-refractivity contribution >= 4 is 41.3 Å². The van der Waals surface area contributed by atoms with Crippen LogP contribution in [0.15, 0.2) is 70.8 Å². The zero-order valence-electron chi connectivity index (χ0n) is 14.8. The molecule has 3 amide bonds. The lowest BCUT2D eigenvalue weighted by molar-refractivity contribution is -0.113. The van der Waals surface area contributed by atoms with Gasteiger partial charge in [-0.1, -0.05) is 29.8 Å². The van der Waals surface area contributed by atoms with Crippen LogP contribution in [0, 0.1) is 0 Å². The van der Waals surface area contributed by atoms with Crippen molar-refractivity contribution in [2.24, 2.45) is 0 Å². The lowest BCUT2D eigenvalue weighted by Crippen LogP contribution is -2.30. The second-order valence-electron chi connectivity index (χ2n) is 6.20. The zero-order chi connectivity index (χ0) is 20.5. The summed E-state index contributed by atoms with van der Waals surface area (Å²) in [7, 11) is 0. The number of amides is 3. The number of nitrogens with zero attached hydrogens (tertiary/aromatic N) is 1. The molecule has 0 unspecified atom stereocenters. The standard InChI is InChI=1S/C21H13ClN2O5/c22-14-5-2-6-15(10-14)24-19(25)17(23-21(24)28)11-16-7-8-18(29-16)12-3-1-4-13(9-12)20(26)27/h1-11H,(H,23,28)(H,26,27)/b17-11-. The quantitative estimate of drug-likeness (QED) is 0.492. The summed E-state index contributed by atoms with van der Waals surface area (Å²) in [6.07, 6.45) is 1.41. The van der Waals surface area contributed by atoms with Gasteiger partial charge in [0.05, 0.1) is 11.3 Å². The molecule has 2 heterocycles. The van der Waals surface area contributed by atoms with Crippen LogP contribution in [0.2, 0.25) is 5.02 Å². The Bertz CT molecular complexity index is 1180. The van der Waals surface area contributed by atoms with E-state index in [1.54, 1.807) is 42.5 Å². The number of carboxylic acids is 1. The number of rotatable bonds is 4. The third kappa shape index (κ3) is 3.63. The molecule has 1 aliphatic heterocycles. The maximum atomic E-state index is 12.7. The van der Waals surface area contributed by atoms with Gasteiger partial charge < -0.3 is 14.8 Å². The Morgan fingerprint density at radius 3 is 2.62 bits per heavy atom. The fourth-order valence-corrected chi connectivity index (χ4v) is 3.10. The summed E-state index contributed by atoms with van der Waals surface area (Å²) in [6, 6.07) is 15.4. The first-order valence-corrected chi connectivity index (χ1v) is 8.86. The predicted molar refractivity (Wildman–Crippen MR) is 107 cm³/mol. The Morgan fingerprint density at radius 1 is 1.07 bits per heavy atom. The van der Waals surface area contributed by atoms with Crippen LogP contribution in [0.3, 0.4) is 0 Å². The molecule has 7 nitrogen and oxygen atoms in total. The maximum absolute atomic E-state index is 12.7. The third-order valence-electron chi connectivity index (χ3n) is 4.25. The maximum Gasteiger partial charge on any atom is 0.335 e. The summed E-state index contributed by atoms with van der Waals surface area (Å²) in [5.41, 5.74) is 1.12. The topological polar surface area (TPSA) is 99.9 Å². The van der Waals surface area contributed by atoms with E-state index in [2.05, 4.69) is 5.32 Å². The van der Waals surface area contributed by atoms with E-state index in [-0.39, 0.29) is 11.3 Å². The number of benzene rings is 2. The van der Waals surface area contributed by atoms with E-state index in [1.807, 2.05) is 0 Å². The van der Waals surface area contributed by atoms with Crippen LogP contribution in [0.1, 0.15) is 16.1 Å². The van der Waals surface area contributed by atoms with Crippen LogP contribution in [0.4, 0.5) is 10.5 Å². The summed E-state index contributed by atoms with van der Waals surface area (Å²) < 4.78 is 5.70. The lowest BCUT2D eigenvalue weighted by Gasteiger charge is -2.11. The SMILES string of the molecule is O=C(O)c1cccc(-c2ccc(/C=C3\NC(=O)N(c4cccc(Cl)c4)C3=O)o2)c1. The molecule has 8 heteroatoms. The summed E-state index contributed by atoms with van der Waals surface area (Å²) in [5.74, 6) is -0.815. The molecule has 1 saturated heterocycles. The van der Waals surface area contributed by atoms with Crippen LogP contribution < -0.4 is 10.2 Å². The molecule has 3 aromatic rings. The number of hydrogen-bond acceptors (Lipinski definition) is 4. The molecule has 0 bridgehead atoms. The van der Waals surface area contributed by atoms with Crippen LogP contribution in [0.25, 0.3) is 17.4 Å². The molecular formula is C21H13ClN2O5. The highest BCUT2D eigenvalue weighted by Crippen LogP contribution is 2.27. The van der Waals surface area contributed by atoms with E-state index in [9.17, 15) is 14.4 Å². The Balaban J connectivity index is 1.61. The van der Waals surface area contributed by atoms with Gasteiger partial charge in [0, 0.05) is 16.7 Å². The number of furan rings is 1. The van der Waals surface area contributed by atoms with Crippen LogP contribution in [-0.4, -0.2) is 23.0 Å². The zero-order valence-corrected chi connectivity index (χ0v) is 15.5. The summed E-state index contributed by atoms with van der Waals surface area (Å²) in [6.45, 7) is 0. The molecule has 144 valence electrons. The van der Waals surface area contributed by atoms with Crippen molar-refractivity contribution in [3.8, 4) is 11.3 Å². The number of anilines is 1. The molecule has 2 N–H and O–H groups in total. The van der Waals surface area contributed by atoms with Gasteiger partial charge in [0.15, 0.2) is 0 Å². The molecule has 29 heavy (non-hydrogen) atoms. The number of hydrogen-bond donors (Lipinski definition) is 2. The monoisotopic (exact) mass is 408 g/mol. The number of halogens is 1. The molecule has 4 rings (SSSR count). The predicted octanol–water partition coefficient (Wildman–Crippen LogP) is 4.40. The van der Waals surface area contributed by atoms with Gasteiger partial charge in [0.1, 0.15) is 17.2 Å². The number of nitrogens with one attached hydrogen (secondary N) is 1. The molecule has 0 saturated carbocycles. The molecule has 0 aliphatic carbocycles. The molecular weight excluding hydrogens is 396 g/mol. The van der Waals surface area contributed by atoms with Gasteiger partial charge in [-0.05, 0) is 42.5 Å². The van der Waals surface area contributed by atoms with Gasteiger partial charge in [-0.25, -0.2) is 14.5 Å². The second kappa shape index (κ2) is 7.29. The normalized spacial score (nSPS) is 15.1. The lowest BCUT2D eigenvalue weighted by atomic mass is 10.1. The van der Waals surface area contributed by atoms with Gasteiger partial charge in [-0.15, -0.1) is 0 Å². The number of aromatic carboxylic acids is 1. The van der Waals surface area contributed by atoms with Crippen LogP contribution in [0.5, 0.6) is 0 Å². The molecule has 0 radical (unpaired) electrons. The van der Waals surface area contributed by atoms with Crippen molar-refractivity contribution in [2.75, 3.05) is 4.90 Å². The smallest absolute Gasteiger partial charge is 0.335 e. The van der Waals surface area contributed by atoms with Crippen molar-refractivity contribution in [2.45, 2.75) is 0 Å². The summed E-state index contributed by atoms with van der Waals surface area (Å²) >= 11 is 5.94. The average molecular weight is 409 g/mol. The second-order valence-corrected chi connectivity index (χ2v) is 6.63. The number of imide groups is 1. The van der Waals surface area contributed by atoms with E-state index < -0.39 is 17.9 Å². The van der Waals surface area contributed by atoms with Crippen LogP contribution in [-0.2, 0) is 4.79 Å². The molecule has 1 fully saturated rings. The highest BCUT2D eigenvalue weighted by Gasteiger charge is 2.35. The summed E-state index contributed by atoms with van der Waals surface area (Å²) in [5, 5.41) is 12.0. The van der Waals surface area contributed by atoms with Gasteiger partial charge in [0.25, 0.3) is 5.91 Å². The minimum absolute atomic E-state index is 0.0511. The Kier molecular flexibility index (Phi) is 4.66. The Labute approximate surface area is 169 Å². The van der Waals surface area contributed by atoms with Crippen molar-refractivity contribution < 1.29 is 23.9 Å². The number of carbonyl (C=O) groups is 3. The minimum Gasteiger partial charge on any atom is -0.478 e. The fourth-order valence-electron chi connectivity index (χ4n) is 2.92. The molecule has 0 spiro atoms. The molecule has 1 aromatic heterocycles. The average Bonchev–Trinajstić information content (AvgIpc) is 3.26. The fraction of sp³-hybridized carbons (Fsp3) is 0. The van der Waals surface area contributed by atoms with Gasteiger partial charge >= 0.3 is 12.0 Å². The number of urea groups is 1. The first kappa shape index (κ1) is 18.5. The van der Waals surface area contributed by atoms with E-state index in [0.29, 0.717) is 27.8 Å². The van der Waals surface area contributed by atoms with Crippen molar-refractivity contribution in [3.05, 3.63) is 82.7 Å². The largest absolute Gasteiger partial charge is 0.478 e. The first-order valence-electron chi connectivity index (χ1n) is 8.48. The first-order chi connectivity index (χ1) is 13.9. The van der Waals surface area contributed by atoms with E-state index >= 15 is 0 Å². The van der Waals surface area contributed by atoms with Crippen molar-refractivity contribution in [1.82, 2.24) is 5.32 Å². The van der Waals surface area contributed by atoms with Crippen molar-refractivity contribution in [3.63, 3.8) is 0 Å². The Hall–Kier alpha value is -3.84. The number of carboxylic acid groups (broad SMARTS) is 1. The Morgan fingerprint density at radius 2 is 1.86 bits per heavy atom. The van der Waals surface area contributed by atoms with E-state index in [1.165, 1.54) is 24.3 Å². The highest BCUT2D eigenvalue weighted by molar-refractivity contribution is 6.32.